The number of benzene rings is 1. The zero-order chi connectivity index (χ0) is 11.6. The Morgan fingerprint density at radius 2 is 2.06 bits per heavy atom. The highest BCUT2D eigenvalue weighted by atomic mass is 35.5. The van der Waals surface area contributed by atoms with E-state index in [9.17, 15) is 0 Å². The summed E-state index contributed by atoms with van der Waals surface area (Å²) < 4.78 is 5.91. The number of hydrogen-bond donors (Lipinski definition) is 0. The van der Waals surface area contributed by atoms with Gasteiger partial charge in [0.25, 0.3) is 0 Å². The van der Waals surface area contributed by atoms with Crippen molar-refractivity contribution in [3.8, 4) is 0 Å². The average molecular weight is 239 g/mol. The van der Waals surface area contributed by atoms with E-state index in [-0.39, 0.29) is 11.0 Å². The summed E-state index contributed by atoms with van der Waals surface area (Å²) in [4.78, 5) is 0. The fourth-order valence-corrected chi connectivity index (χ4v) is 2.67. The third-order valence-electron chi connectivity index (χ3n) is 3.44. The van der Waals surface area contributed by atoms with E-state index in [1.165, 1.54) is 11.1 Å². The predicted molar refractivity (Wildman–Crippen MR) is 68.0 cm³/mol. The van der Waals surface area contributed by atoms with Crippen molar-refractivity contribution < 1.29 is 4.74 Å². The first-order valence-corrected chi connectivity index (χ1v) is 6.45. The van der Waals surface area contributed by atoms with Crippen LogP contribution in [0.1, 0.15) is 37.8 Å². The highest BCUT2D eigenvalue weighted by Gasteiger charge is 2.33. The van der Waals surface area contributed by atoms with E-state index in [1.54, 1.807) is 0 Å². The molecule has 1 nitrogen and oxygen atoms in total. The van der Waals surface area contributed by atoms with Gasteiger partial charge < -0.3 is 4.74 Å². The van der Waals surface area contributed by atoms with Gasteiger partial charge in [-0.05, 0) is 37.3 Å². The lowest BCUT2D eigenvalue weighted by molar-refractivity contribution is -0.0684. The molecule has 0 amide bonds. The largest absolute Gasteiger partial charge is 0.370 e. The van der Waals surface area contributed by atoms with Gasteiger partial charge in [-0.1, -0.05) is 31.2 Å². The summed E-state index contributed by atoms with van der Waals surface area (Å²) in [5.74, 6) is 0. The number of rotatable bonds is 2. The van der Waals surface area contributed by atoms with Crippen LogP contribution in [0.25, 0.3) is 0 Å². The van der Waals surface area contributed by atoms with E-state index in [4.69, 9.17) is 16.3 Å². The van der Waals surface area contributed by atoms with Crippen LogP contribution >= 0.6 is 11.6 Å². The standard InChI is InChI=1S/C14H19ClO/c1-3-11-4-6-12(7-5-11)14(2)10-13(15)8-9-16-14/h4-7,13H,3,8-10H2,1-2H3. The summed E-state index contributed by atoms with van der Waals surface area (Å²) in [6, 6.07) is 8.71. The van der Waals surface area contributed by atoms with E-state index < -0.39 is 0 Å². The number of alkyl halides is 1. The van der Waals surface area contributed by atoms with E-state index in [1.807, 2.05) is 0 Å². The summed E-state index contributed by atoms with van der Waals surface area (Å²) in [7, 11) is 0. The van der Waals surface area contributed by atoms with Crippen molar-refractivity contribution in [2.75, 3.05) is 6.61 Å². The Kier molecular flexibility index (Phi) is 3.56. The fourth-order valence-electron chi connectivity index (χ4n) is 2.29. The highest BCUT2D eigenvalue weighted by Crippen LogP contribution is 2.36. The Morgan fingerprint density at radius 1 is 1.38 bits per heavy atom. The van der Waals surface area contributed by atoms with Crippen molar-refractivity contribution in [3.63, 3.8) is 0 Å². The molecular formula is C14H19ClO. The second-order valence-corrected chi connectivity index (χ2v) is 5.34. The van der Waals surface area contributed by atoms with Crippen LogP contribution in [0, 0.1) is 0 Å². The van der Waals surface area contributed by atoms with Gasteiger partial charge in [-0.15, -0.1) is 11.6 Å². The predicted octanol–water partition coefficient (Wildman–Crippen LogP) is 3.88. The van der Waals surface area contributed by atoms with Gasteiger partial charge in [0.2, 0.25) is 0 Å². The lowest BCUT2D eigenvalue weighted by Crippen LogP contribution is -2.35. The van der Waals surface area contributed by atoms with Crippen molar-refractivity contribution in [1.82, 2.24) is 0 Å². The minimum absolute atomic E-state index is 0.197. The van der Waals surface area contributed by atoms with Crippen molar-refractivity contribution >= 4 is 11.6 Å². The van der Waals surface area contributed by atoms with Gasteiger partial charge in [0.1, 0.15) is 0 Å². The molecule has 1 aliphatic rings. The molecule has 1 fully saturated rings. The van der Waals surface area contributed by atoms with Crippen LogP contribution in [0.5, 0.6) is 0 Å². The smallest absolute Gasteiger partial charge is 0.0917 e. The molecular weight excluding hydrogens is 220 g/mol. The molecule has 0 radical (unpaired) electrons. The molecule has 88 valence electrons. The highest BCUT2D eigenvalue weighted by molar-refractivity contribution is 6.20. The average Bonchev–Trinajstić information content (AvgIpc) is 2.29. The van der Waals surface area contributed by atoms with Crippen LogP contribution in [0.4, 0.5) is 0 Å². The SMILES string of the molecule is CCc1ccc(C2(C)CC(Cl)CCO2)cc1. The first-order valence-electron chi connectivity index (χ1n) is 6.01. The zero-order valence-electron chi connectivity index (χ0n) is 10.0. The zero-order valence-corrected chi connectivity index (χ0v) is 10.8. The molecule has 2 rings (SSSR count). The topological polar surface area (TPSA) is 9.23 Å². The molecule has 1 saturated heterocycles. The molecule has 0 saturated carbocycles. The molecule has 0 aliphatic carbocycles. The Labute approximate surface area is 103 Å². The molecule has 0 N–H and O–H groups in total. The molecule has 0 bridgehead atoms. The maximum Gasteiger partial charge on any atom is 0.0917 e. The third kappa shape index (κ3) is 2.41. The molecule has 1 aromatic rings. The molecule has 2 unspecified atom stereocenters. The second-order valence-electron chi connectivity index (χ2n) is 4.72. The van der Waals surface area contributed by atoms with Crippen molar-refractivity contribution in [2.24, 2.45) is 0 Å². The maximum atomic E-state index is 6.23. The van der Waals surface area contributed by atoms with Crippen LogP contribution in [0.2, 0.25) is 0 Å². The lowest BCUT2D eigenvalue weighted by atomic mass is 9.87. The molecule has 2 heteroatoms. The molecule has 1 aliphatic heterocycles. The van der Waals surface area contributed by atoms with Gasteiger partial charge in [-0.25, -0.2) is 0 Å². The van der Waals surface area contributed by atoms with Crippen LogP contribution in [-0.2, 0) is 16.8 Å². The van der Waals surface area contributed by atoms with Crippen molar-refractivity contribution in [1.29, 1.82) is 0 Å². The molecule has 1 heterocycles. The van der Waals surface area contributed by atoms with Crippen LogP contribution < -0.4 is 0 Å². The summed E-state index contributed by atoms with van der Waals surface area (Å²) in [5, 5.41) is 0.240. The van der Waals surface area contributed by atoms with Gasteiger partial charge in [0, 0.05) is 12.0 Å². The number of aryl methyl sites for hydroxylation is 1. The van der Waals surface area contributed by atoms with Crippen LogP contribution in [0.15, 0.2) is 24.3 Å². The van der Waals surface area contributed by atoms with Crippen LogP contribution in [0.3, 0.4) is 0 Å². The minimum Gasteiger partial charge on any atom is -0.370 e. The number of ether oxygens (including phenoxy) is 1. The van der Waals surface area contributed by atoms with Gasteiger partial charge in [-0.2, -0.15) is 0 Å². The quantitative estimate of drug-likeness (QED) is 0.711. The van der Waals surface area contributed by atoms with Gasteiger partial charge in [-0.3, -0.25) is 0 Å². The number of hydrogen-bond acceptors (Lipinski definition) is 1. The Hall–Kier alpha value is -0.530. The maximum absolute atomic E-state index is 6.23. The molecule has 1 aromatic carbocycles. The van der Waals surface area contributed by atoms with Crippen molar-refractivity contribution in [3.05, 3.63) is 35.4 Å². The first kappa shape index (κ1) is 11.9. The molecule has 2 atom stereocenters. The summed E-state index contributed by atoms with van der Waals surface area (Å²) in [6.45, 7) is 5.07. The van der Waals surface area contributed by atoms with Gasteiger partial charge >= 0.3 is 0 Å². The van der Waals surface area contributed by atoms with Crippen LogP contribution in [-0.4, -0.2) is 12.0 Å². The van der Waals surface area contributed by atoms with E-state index in [2.05, 4.69) is 38.1 Å². The monoisotopic (exact) mass is 238 g/mol. The molecule has 16 heavy (non-hydrogen) atoms. The Balaban J connectivity index is 2.20. The summed E-state index contributed by atoms with van der Waals surface area (Å²) >= 11 is 6.23. The van der Waals surface area contributed by atoms with Gasteiger partial charge in [0.05, 0.1) is 5.60 Å². The lowest BCUT2D eigenvalue weighted by Gasteiger charge is -2.36. The molecule has 0 aromatic heterocycles. The van der Waals surface area contributed by atoms with E-state index in [0.717, 1.165) is 25.9 Å². The second kappa shape index (κ2) is 4.77. The number of halogens is 1. The van der Waals surface area contributed by atoms with Gasteiger partial charge in [0.15, 0.2) is 0 Å². The van der Waals surface area contributed by atoms with E-state index >= 15 is 0 Å². The minimum atomic E-state index is -0.197. The Morgan fingerprint density at radius 3 is 2.62 bits per heavy atom. The summed E-state index contributed by atoms with van der Waals surface area (Å²) in [5.41, 5.74) is 2.41. The van der Waals surface area contributed by atoms with E-state index in [0.29, 0.717) is 0 Å². The summed E-state index contributed by atoms with van der Waals surface area (Å²) in [6.07, 6.45) is 2.94. The Bertz CT molecular complexity index is 346. The first-order chi connectivity index (χ1) is 7.64. The fraction of sp³-hybridized carbons (Fsp3) is 0.571. The molecule has 0 spiro atoms. The third-order valence-corrected chi connectivity index (χ3v) is 3.81. The van der Waals surface area contributed by atoms with Crippen molar-refractivity contribution in [2.45, 2.75) is 44.1 Å². The normalized spacial score (nSPS) is 30.3.